The van der Waals surface area contributed by atoms with E-state index in [4.69, 9.17) is 9.47 Å². The second-order valence-corrected chi connectivity index (χ2v) is 2.85. The number of halogens is 1. The summed E-state index contributed by atoms with van der Waals surface area (Å²) in [5.41, 5.74) is 0. The van der Waals surface area contributed by atoms with Gasteiger partial charge in [-0.25, -0.2) is 0 Å². The molecule has 0 saturated carbocycles. The molecule has 0 bridgehead atoms. The molecule has 0 amide bonds. The van der Waals surface area contributed by atoms with E-state index >= 15 is 0 Å². The zero-order chi connectivity index (χ0) is 8.36. The number of rotatable bonds is 7. The number of alkyl halides is 1. The molecule has 11 heavy (non-hydrogen) atoms. The molecule has 0 aromatic heterocycles. The number of hydrogen-bond donors (Lipinski definition) is 0. The molecular formula is C8H15BrO2. The second kappa shape index (κ2) is 10.1. The van der Waals surface area contributed by atoms with Crippen LogP contribution in [0.25, 0.3) is 0 Å². The Morgan fingerprint density at radius 3 is 2.64 bits per heavy atom. The van der Waals surface area contributed by atoms with Gasteiger partial charge >= 0.3 is 0 Å². The van der Waals surface area contributed by atoms with Gasteiger partial charge in [-0.05, 0) is 12.8 Å². The maximum absolute atomic E-state index is 5.08. The first-order valence-corrected chi connectivity index (χ1v) is 4.81. The van der Waals surface area contributed by atoms with Crippen LogP contribution in [-0.2, 0) is 9.47 Å². The lowest BCUT2D eigenvalue weighted by Gasteiger charge is -1.97. The fraction of sp³-hybridized carbons (Fsp3) is 0.750. The molecule has 66 valence electrons. The minimum atomic E-state index is 0.395. The molecule has 0 radical (unpaired) electrons. The Balaban J connectivity index is 2.89. The molecule has 0 heterocycles. The van der Waals surface area contributed by atoms with Crippen molar-refractivity contribution in [3.8, 4) is 0 Å². The first-order chi connectivity index (χ1) is 5.41. The molecule has 0 spiro atoms. The fourth-order valence-corrected chi connectivity index (χ4v) is 0.857. The van der Waals surface area contributed by atoms with Crippen LogP contribution in [0.15, 0.2) is 12.2 Å². The highest BCUT2D eigenvalue weighted by Crippen LogP contribution is 1.91. The van der Waals surface area contributed by atoms with Crippen LogP contribution < -0.4 is 0 Å². The standard InChI is InChI=1S/C8H15BrO2/c1-10-8-11-7-5-3-2-4-6-9/h2-3H,4-8H2,1H3/b3-2-. The van der Waals surface area contributed by atoms with E-state index < -0.39 is 0 Å². The summed E-state index contributed by atoms with van der Waals surface area (Å²) in [4.78, 5) is 0. The summed E-state index contributed by atoms with van der Waals surface area (Å²) in [6.07, 6.45) is 6.32. The van der Waals surface area contributed by atoms with Gasteiger partial charge in [0.15, 0.2) is 0 Å². The largest absolute Gasteiger partial charge is 0.359 e. The molecule has 0 aromatic carbocycles. The Morgan fingerprint density at radius 2 is 2.00 bits per heavy atom. The molecule has 0 aliphatic rings. The maximum atomic E-state index is 5.08. The third-order valence-corrected chi connectivity index (χ3v) is 1.53. The summed E-state index contributed by atoms with van der Waals surface area (Å²) in [7, 11) is 1.63. The lowest BCUT2D eigenvalue weighted by molar-refractivity contribution is -0.0285. The summed E-state index contributed by atoms with van der Waals surface area (Å²) in [6, 6.07) is 0. The van der Waals surface area contributed by atoms with Crippen molar-refractivity contribution in [1.82, 2.24) is 0 Å². The average Bonchev–Trinajstić information content (AvgIpc) is 2.03. The van der Waals surface area contributed by atoms with Gasteiger partial charge in [-0.1, -0.05) is 28.1 Å². The predicted molar refractivity (Wildman–Crippen MR) is 50.0 cm³/mol. The molecular weight excluding hydrogens is 208 g/mol. The lowest BCUT2D eigenvalue weighted by atomic mass is 10.3. The van der Waals surface area contributed by atoms with E-state index in [0.29, 0.717) is 6.79 Å². The quantitative estimate of drug-likeness (QED) is 0.285. The third-order valence-electron chi connectivity index (χ3n) is 1.07. The molecule has 0 aromatic rings. The van der Waals surface area contributed by atoms with Crippen molar-refractivity contribution < 1.29 is 9.47 Å². The van der Waals surface area contributed by atoms with Crippen LogP contribution in [0.5, 0.6) is 0 Å². The lowest BCUT2D eigenvalue weighted by Crippen LogP contribution is -1.96. The first kappa shape index (κ1) is 11.1. The molecule has 0 N–H and O–H groups in total. The molecule has 0 aliphatic heterocycles. The van der Waals surface area contributed by atoms with Gasteiger partial charge in [-0.15, -0.1) is 0 Å². The molecule has 0 saturated heterocycles. The van der Waals surface area contributed by atoms with E-state index in [1.54, 1.807) is 7.11 Å². The van der Waals surface area contributed by atoms with Crippen molar-refractivity contribution in [3.05, 3.63) is 12.2 Å². The van der Waals surface area contributed by atoms with Crippen LogP contribution >= 0.6 is 15.9 Å². The topological polar surface area (TPSA) is 18.5 Å². The third kappa shape index (κ3) is 10.1. The fourth-order valence-electron chi connectivity index (χ4n) is 0.592. The first-order valence-electron chi connectivity index (χ1n) is 3.69. The Morgan fingerprint density at radius 1 is 1.27 bits per heavy atom. The monoisotopic (exact) mass is 222 g/mol. The van der Waals surface area contributed by atoms with Crippen molar-refractivity contribution in [1.29, 1.82) is 0 Å². The number of ether oxygens (including phenoxy) is 2. The van der Waals surface area contributed by atoms with Gasteiger partial charge in [0.05, 0.1) is 6.61 Å². The van der Waals surface area contributed by atoms with Crippen molar-refractivity contribution >= 4 is 15.9 Å². The van der Waals surface area contributed by atoms with Gasteiger partial charge < -0.3 is 9.47 Å². The van der Waals surface area contributed by atoms with Gasteiger partial charge in [-0.2, -0.15) is 0 Å². The van der Waals surface area contributed by atoms with Crippen molar-refractivity contribution in [2.75, 3.05) is 25.8 Å². The Kier molecular flexibility index (Phi) is 10.3. The molecule has 0 unspecified atom stereocenters. The van der Waals surface area contributed by atoms with E-state index in [2.05, 4.69) is 28.1 Å². The normalized spacial score (nSPS) is 11.1. The molecule has 2 nitrogen and oxygen atoms in total. The maximum Gasteiger partial charge on any atom is 0.146 e. The van der Waals surface area contributed by atoms with Gasteiger partial charge in [-0.3, -0.25) is 0 Å². The van der Waals surface area contributed by atoms with Gasteiger partial charge in [0, 0.05) is 12.4 Å². The van der Waals surface area contributed by atoms with Gasteiger partial charge in [0.1, 0.15) is 6.79 Å². The minimum absolute atomic E-state index is 0.395. The van der Waals surface area contributed by atoms with E-state index in [1.807, 2.05) is 0 Å². The highest BCUT2D eigenvalue weighted by Gasteiger charge is 1.81. The molecule has 0 rings (SSSR count). The summed E-state index contributed by atoms with van der Waals surface area (Å²) in [5.74, 6) is 0. The Bertz CT molecular complexity index is 94.1. The average molecular weight is 223 g/mol. The summed E-state index contributed by atoms with van der Waals surface area (Å²) >= 11 is 3.34. The predicted octanol–water partition coefficient (Wildman–Crippen LogP) is 2.34. The highest BCUT2D eigenvalue weighted by atomic mass is 79.9. The molecule has 0 atom stereocenters. The van der Waals surface area contributed by atoms with Gasteiger partial charge in [0.25, 0.3) is 0 Å². The SMILES string of the molecule is COCOCC/C=C\CCBr. The summed E-state index contributed by atoms with van der Waals surface area (Å²) in [5, 5.41) is 1.03. The zero-order valence-corrected chi connectivity index (χ0v) is 8.47. The smallest absolute Gasteiger partial charge is 0.146 e. The van der Waals surface area contributed by atoms with Crippen molar-refractivity contribution in [2.45, 2.75) is 12.8 Å². The van der Waals surface area contributed by atoms with Gasteiger partial charge in [0.2, 0.25) is 0 Å². The van der Waals surface area contributed by atoms with Crippen LogP contribution in [0.3, 0.4) is 0 Å². The minimum Gasteiger partial charge on any atom is -0.359 e. The van der Waals surface area contributed by atoms with E-state index in [0.717, 1.165) is 24.8 Å². The molecule has 0 aliphatic carbocycles. The van der Waals surface area contributed by atoms with Crippen LogP contribution in [0.4, 0.5) is 0 Å². The summed E-state index contributed by atoms with van der Waals surface area (Å²) < 4.78 is 9.79. The number of allylic oxidation sites excluding steroid dienone is 1. The molecule has 0 fully saturated rings. The highest BCUT2D eigenvalue weighted by molar-refractivity contribution is 9.09. The second-order valence-electron chi connectivity index (χ2n) is 2.05. The Labute approximate surface area is 76.7 Å². The van der Waals surface area contributed by atoms with E-state index in [9.17, 15) is 0 Å². The van der Waals surface area contributed by atoms with Crippen LogP contribution in [0, 0.1) is 0 Å². The Hall–Kier alpha value is 0.140. The van der Waals surface area contributed by atoms with Crippen LogP contribution in [0.1, 0.15) is 12.8 Å². The summed E-state index contributed by atoms with van der Waals surface area (Å²) in [6.45, 7) is 1.14. The van der Waals surface area contributed by atoms with Crippen molar-refractivity contribution in [3.63, 3.8) is 0 Å². The number of hydrogen-bond acceptors (Lipinski definition) is 2. The number of methoxy groups -OCH3 is 1. The van der Waals surface area contributed by atoms with E-state index in [1.165, 1.54) is 0 Å². The molecule has 3 heteroatoms. The zero-order valence-electron chi connectivity index (χ0n) is 6.88. The van der Waals surface area contributed by atoms with Crippen LogP contribution in [-0.4, -0.2) is 25.8 Å². The van der Waals surface area contributed by atoms with Crippen molar-refractivity contribution in [2.24, 2.45) is 0 Å². The van der Waals surface area contributed by atoms with Crippen LogP contribution in [0.2, 0.25) is 0 Å². The van der Waals surface area contributed by atoms with E-state index in [-0.39, 0.29) is 0 Å².